The van der Waals surface area contributed by atoms with Crippen molar-refractivity contribution in [3.05, 3.63) is 131 Å². The third-order valence-corrected chi connectivity index (χ3v) is 7.60. The van der Waals surface area contributed by atoms with E-state index in [1.165, 1.54) is 11.1 Å². The highest BCUT2D eigenvalue weighted by molar-refractivity contribution is 9.10. The van der Waals surface area contributed by atoms with Gasteiger partial charge in [-0.1, -0.05) is 104 Å². The SMILES string of the molecule is C=CC1=C(C=C)C(C)(C)c2c1cc(Br)cc2N(c1ccccc1)c1cccc2c(/C=C\C)c(C=C)oc12. The van der Waals surface area contributed by atoms with Gasteiger partial charge in [-0.05, 0) is 65.6 Å². The average molecular weight is 549 g/mol. The second kappa shape index (κ2) is 9.57. The van der Waals surface area contributed by atoms with Crippen molar-refractivity contribution in [2.24, 2.45) is 0 Å². The first-order valence-electron chi connectivity index (χ1n) is 12.4. The van der Waals surface area contributed by atoms with Crippen molar-refractivity contribution in [3.8, 4) is 0 Å². The Morgan fingerprint density at radius 2 is 1.65 bits per heavy atom. The number of benzene rings is 3. The summed E-state index contributed by atoms with van der Waals surface area (Å²) in [6.45, 7) is 18.8. The van der Waals surface area contributed by atoms with Crippen LogP contribution >= 0.6 is 15.9 Å². The summed E-state index contributed by atoms with van der Waals surface area (Å²) in [7, 11) is 0. The van der Waals surface area contributed by atoms with Gasteiger partial charge >= 0.3 is 0 Å². The largest absolute Gasteiger partial charge is 0.454 e. The first-order valence-corrected chi connectivity index (χ1v) is 13.2. The lowest BCUT2D eigenvalue weighted by molar-refractivity contribution is 0.603. The van der Waals surface area contributed by atoms with Crippen LogP contribution in [0.25, 0.3) is 28.7 Å². The number of rotatable bonds is 7. The van der Waals surface area contributed by atoms with Crippen molar-refractivity contribution in [1.82, 2.24) is 0 Å². The first kappa shape index (κ1) is 24.9. The van der Waals surface area contributed by atoms with Gasteiger partial charge in [0.05, 0.1) is 11.4 Å². The van der Waals surface area contributed by atoms with Gasteiger partial charge in [-0.3, -0.25) is 0 Å². The normalized spacial score (nSPS) is 14.3. The smallest absolute Gasteiger partial charge is 0.159 e. The van der Waals surface area contributed by atoms with Gasteiger partial charge in [0.25, 0.3) is 0 Å². The van der Waals surface area contributed by atoms with Crippen LogP contribution in [0.1, 0.15) is 43.2 Å². The van der Waals surface area contributed by atoms with E-state index in [0.717, 1.165) is 55.0 Å². The summed E-state index contributed by atoms with van der Waals surface area (Å²) in [5.41, 5.74) is 9.34. The maximum Gasteiger partial charge on any atom is 0.159 e. The quantitative estimate of drug-likeness (QED) is 0.228. The Morgan fingerprint density at radius 3 is 2.30 bits per heavy atom. The summed E-state index contributed by atoms with van der Waals surface area (Å²) in [6, 6.07) is 21.1. The number of fused-ring (bicyclic) bond motifs is 2. The molecule has 0 spiro atoms. The third-order valence-electron chi connectivity index (χ3n) is 7.15. The molecule has 3 heteroatoms. The number of nitrogens with zero attached hydrogens (tertiary/aromatic N) is 1. The van der Waals surface area contributed by atoms with Gasteiger partial charge in [0.2, 0.25) is 0 Å². The summed E-state index contributed by atoms with van der Waals surface area (Å²) in [4.78, 5) is 2.30. The molecule has 2 nitrogen and oxygen atoms in total. The van der Waals surface area contributed by atoms with Crippen LogP contribution in [0.2, 0.25) is 0 Å². The molecule has 1 aliphatic carbocycles. The minimum atomic E-state index is -0.275. The molecule has 184 valence electrons. The van der Waals surface area contributed by atoms with E-state index in [9.17, 15) is 0 Å². The number of hydrogen-bond donors (Lipinski definition) is 0. The van der Waals surface area contributed by atoms with E-state index >= 15 is 0 Å². The van der Waals surface area contributed by atoms with Crippen LogP contribution in [0.5, 0.6) is 0 Å². The molecule has 0 unspecified atom stereocenters. The zero-order valence-electron chi connectivity index (χ0n) is 21.5. The molecule has 0 atom stereocenters. The van der Waals surface area contributed by atoms with Crippen molar-refractivity contribution in [2.75, 3.05) is 4.90 Å². The molecule has 0 saturated heterocycles. The fourth-order valence-corrected chi connectivity index (χ4v) is 6.08. The Labute approximate surface area is 227 Å². The van der Waals surface area contributed by atoms with E-state index in [1.807, 2.05) is 31.2 Å². The Hall–Kier alpha value is -3.82. The Morgan fingerprint density at radius 1 is 0.892 bits per heavy atom. The highest BCUT2D eigenvalue weighted by atomic mass is 79.9. The molecule has 5 rings (SSSR count). The molecule has 0 saturated carbocycles. The van der Waals surface area contributed by atoms with E-state index in [1.54, 1.807) is 6.08 Å². The lowest BCUT2D eigenvalue weighted by Gasteiger charge is -2.33. The fourth-order valence-electron chi connectivity index (χ4n) is 5.63. The van der Waals surface area contributed by atoms with Crippen molar-refractivity contribution in [1.29, 1.82) is 0 Å². The molecular weight excluding hydrogens is 518 g/mol. The van der Waals surface area contributed by atoms with E-state index in [2.05, 4.69) is 115 Å². The predicted molar refractivity (Wildman–Crippen MR) is 164 cm³/mol. The topological polar surface area (TPSA) is 16.4 Å². The Balaban J connectivity index is 1.89. The molecule has 0 radical (unpaired) electrons. The Kier molecular flexibility index (Phi) is 6.43. The van der Waals surface area contributed by atoms with Gasteiger partial charge in [-0.25, -0.2) is 0 Å². The molecule has 0 aliphatic heterocycles. The summed E-state index contributed by atoms with van der Waals surface area (Å²) in [5, 5.41) is 1.05. The zero-order valence-corrected chi connectivity index (χ0v) is 23.1. The average Bonchev–Trinajstić information content (AvgIpc) is 3.36. The van der Waals surface area contributed by atoms with Gasteiger partial charge in [-0.15, -0.1) is 0 Å². The number of allylic oxidation sites excluding steroid dienone is 5. The van der Waals surface area contributed by atoms with Crippen LogP contribution in [-0.2, 0) is 5.41 Å². The second-order valence-corrected chi connectivity index (χ2v) is 10.5. The van der Waals surface area contributed by atoms with E-state index < -0.39 is 0 Å². The van der Waals surface area contributed by atoms with Crippen molar-refractivity contribution >= 4 is 61.7 Å². The lowest BCUT2D eigenvalue weighted by atomic mass is 9.80. The highest BCUT2D eigenvalue weighted by Gasteiger charge is 2.39. The molecule has 1 aliphatic rings. The molecule has 3 aromatic carbocycles. The molecule has 0 fully saturated rings. The number of hydrogen-bond acceptors (Lipinski definition) is 2. The van der Waals surface area contributed by atoms with Gasteiger partial charge in [0, 0.05) is 26.5 Å². The second-order valence-electron chi connectivity index (χ2n) is 9.62. The van der Waals surface area contributed by atoms with Crippen LogP contribution in [0.15, 0.2) is 113 Å². The number of halogens is 1. The molecular formula is C34H30BrNO. The predicted octanol–water partition coefficient (Wildman–Crippen LogP) is 10.8. The molecule has 1 aromatic heterocycles. The summed E-state index contributed by atoms with van der Waals surface area (Å²) in [6.07, 6.45) is 9.80. The van der Waals surface area contributed by atoms with Crippen LogP contribution in [0.3, 0.4) is 0 Å². The molecule has 1 heterocycles. The van der Waals surface area contributed by atoms with Crippen LogP contribution < -0.4 is 4.90 Å². The maximum atomic E-state index is 6.48. The third kappa shape index (κ3) is 3.86. The van der Waals surface area contributed by atoms with Crippen LogP contribution in [-0.4, -0.2) is 0 Å². The van der Waals surface area contributed by atoms with E-state index in [-0.39, 0.29) is 5.41 Å². The minimum absolute atomic E-state index is 0.275. The molecule has 4 aromatic rings. The first-order chi connectivity index (χ1) is 17.9. The van der Waals surface area contributed by atoms with Crippen LogP contribution in [0, 0.1) is 0 Å². The molecule has 0 bridgehead atoms. The van der Waals surface area contributed by atoms with Gasteiger partial charge in [0.1, 0.15) is 5.76 Å². The van der Waals surface area contributed by atoms with Gasteiger partial charge in [0.15, 0.2) is 5.58 Å². The van der Waals surface area contributed by atoms with Gasteiger partial charge < -0.3 is 9.32 Å². The van der Waals surface area contributed by atoms with Crippen molar-refractivity contribution < 1.29 is 4.42 Å². The number of para-hydroxylation sites is 2. The van der Waals surface area contributed by atoms with Gasteiger partial charge in [-0.2, -0.15) is 0 Å². The van der Waals surface area contributed by atoms with Crippen LogP contribution in [0.4, 0.5) is 17.1 Å². The monoisotopic (exact) mass is 547 g/mol. The molecule has 0 amide bonds. The summed E-state index contributed by atoms with van der Waals surface area (Å²) in [5.74, 6) is 0.762. The molecule has 37 heavy (non-hydrogen) atoms. The van der Waals surface area contributed by atoms with Crippen molar-refractivity contribution in [2.45, 2.75) is 26.2 Å². The molecule has 0 N–H and O–H groups in total. The number of furan rings is 1. The zero-order chi connectivity index (χ0) is 26.3. The number of anilines is 3. The fraction of sp³-hybridized carbons (Fsp3) is 0.118. The minimum Gasteiger partial charge on any atom is -0.454 e. The summed E-state index contributed by atoms with van der Waals surface area (Å²) < 4.78 is 7.47. The maximum absolute atomic E-state index is 6.48. The standard InChI is InChI=1S/C34H30BrNO/c1-7-15-25-26-18-14-19-29(33(26)37-31(25)10-4)36(23-16-12-11-13-17-23)30-21-22(35)20-27-24(8-2)28(9-3)34(5,6)32(27)30/h7-21H,2-4H2,1,5-6H3/b15-7-. The lowest BCUT2D eigenvalue weighted by Crippen LogP contribution is -2.21. The highest BCUT2D eigenvalue weighted by Crippen LogP contribution is 2.54. The van der Waals surface area contributed by atoms with E-state index in [0.29, 0.717) is 0 Å². The summed E-state index contributed by atoms with van der Waals surface area (Å²) >= 11 is 3.81. The Bertz CT molecular complexity index is 1610. The van der Waals surface area contributed by atoms with E-state index in [4.69, 9.17) is 4.42 Å². The van der Waals surface area contributed by atoms with Crippen molar-refractivity contribution in [3.63, 3.8) is 0 Å².